The van der Waals surface area contributed by atoms with Gasteiger partial charge in [0.25, 0.3) is 0 Å². The zero-order chi connectivity index (χ0) is 14.3. The predicted molar refractivity (Wildman–Crippen MR) is 81.1 cm³/mol. The zero-order valence-electron chi connectivity index (χ0n) is 13.6. The van der Waals surface area contributed by atoms with E-state index in [1.54, 1.807) is 0 Å². The van der Waals surface area contributed by atoms with Gasteiger partial charge >= 0.3 is 0 Å². The van der Waals surface area contributed by atoms with Crippen molar-refractivity contribution >= 4 is 0 Å². The third-order valence-electron chi connectivity index (χ3n) is 5.71. The first-order valence-electron chi connectivity index (χ1n) is 8.10. The Labute approximate surface area is 119 Å². The average molecular weight is 267 g/mol. The molecule has 0 bridgehead atoms. The Morgan fingerprint density at radius 1 is 1.11 bits per heavy atom. The summed E-state index contributed by atoms with van der Waals surface area (Å²) in [6, 6.07) is 0. The Kier molecular flexibility index (Phi) is 4.32. The topological polar surface area (TPSA) is 23.5 Å². The summed E-state index contributed by atoms with van der Waals surface area (Å²) < 4.78 is 0. The highest BCUT2D eigenvalue weighted by Gasteiger charge is 2.41. The third kappa shape index (κ3) is 3.52. The normalized spacial score (nSPS) is 33.8. The molecular weight excluding hydrogens is 234 g/mol. The van der Waals surface area contributed by atoms with E-state index in [4.69, 9.17) is 0 Å². The van der Waals surface area contributed by atoms with Crippen LogP contribution in [0.2, 0.25) is 0 Å². The van der Waals surface area contributed by atoms with Crippen LogP contribution in [0.5, 0.6) is 0 Å². The Morgan fingerprint density at radius 2 is 1.68 bits per heavy atom. The van der Waals surface area contributed by atoms with E-state index in [2.05, 4.69) is 39.5 Å². The van der Waals surface area contributed by atoms with Crippen molar-refractivity contribution in [1.82, 2.24) is 4.90 Å². The second kappa shape index (κ2) is 5.37. The van der Waals surface area contributed by atoms with Gasteiger partial charge in [-0.2, -0.15) is 0 Å². The number of hydrogen-bond acceptors (Lipinski definition) is 2. The van der Waals surface area contributed by atoms with Crippen LogP contribution in [0.4, 0.5) is 0 Å². The fourth-order valence-corrected chi connectivity index (χ4v) is 4.01. The molecule has 1 N–H and O–H groups in total. The van der Waals surface area contributed by atoms with Crippen LogP contribution in [0, 0.1) is 22.7 Å². The van der Waals surface area contributed by atoms with E-state index in [0.717, 1.165) is 12.5 Å². The zero-order valence-corrected chi connectivity index (χ0v) is 13.6. The molecule has 1 saturated carbocycles. The van der Waals surface area contributed by atoms with Crippen LogP contribution in [0.3, 0.4) is 0 Å². The van der Waals surface area contributed by atoms with E-state index in [9.17, 15) is 5.11 Å². The number of hydrogen-bond donors (Lipinski definition) is 1. The molecule has 2 aliphatic rings. The molecule has 0 spiro atoms. The van der Waals surface area contributed by atoms with E-state index in [0.29, 0.717) is 11.3 Å². The summed E-state index contributed by atoms with van der Waals surface area (Å²) in [5.41, 5.74) is 0.593. The molecular formula is C17H33NO. The molecule has 2 rings (SSSR count). The maximum Gasteiger partial charge on any atom is 0.0631 e. The molecule has 0 aromatic carbocycles. The minimum atomic E-state index is -0.104. The summed E-state index contributed by atoms with van der Waals surface area (Å²) >= 11 is 0. The third-order valence-corrected chi connectivity index (χ3v) is 5.71. The molecule has 19 heavy (non-hydrogen) atoms. The van der Waals surface area contributed by atoms with E-state index in [1.165, 1.54) is 38.8 Å². The van der Waals surface area contributed by atoms with Gasteiger partial charge in [-0.25, -0.2) is 0 Å². The van der Waals surface area contributed by atoms with Crippen LogP contribution in [0.1, 0.15) is 60.3 Å². The smallest absolute Gasteiger partial charge is 0.0631 e. The lowest BCUT2D eigenvalue weighted by Gasteiger charge is -2.40. The second-order valence-corrected chi connectivity index (χ2v) is 8.67. The van der Waals surface area contributed by atoms with Gasteiger partial charge in [-0.3, -0.25) is 0 Å². The van der Waals surface area contributed by atoms with Crippen molar-refractivity contribution < 1.29 is 5.11 Å². The monoisotopic (exact) mass is 267 g/mol. The van der Waals surface area contributed by atoms with Gasteiger partial charge in [0.05, 0.1) is 6.10 Å². The van der Waals surface area contributed by atoms with E-state index in [-0.39, 0.29) is 11.5 Å². The van der Waals surface area contributed by atoms with Crippen LogP contribution in [0.15, 0.2) is 0 Å². The average Bonchev–Trinajstić information content (AvgIpc) is 2.56. The summed E-state index contributed by atoms with van der Waals surface area (Å²) in [5, 5.41) is 10.4. The lowest BCUT2D eigenvalue weighted by molar-refractivity contribution is 0.0230. The van der Waals surface area contributed by atoms with E-state index in [1.807, 2.05) is 0 Å². The first-order valence-corrected chi connectivity index (χ1v) is 8.10. The highest BCUT2D eigenvalue weighted by atomic mass is 16.3. The Bertz CT molecular complexity index is 297. The van der Waals surface area contributed by atoms with Gasteiger partial charge in [0.2, 0.25) is 0 Å². The van der Waals surface area contributed by atoms with Gasteiger partial charge in [0.15, 0.2) is 0 Å². The Hall–Kier alpha value is -0.0800. The maximum absolute atomic E-state index is 10.4. The lowest BCUT2D eigenvalue weighted by Crippen LogP contribution is -2.42. The maximum atomic E-state index is 10.4. The van der Waals surface area contributed by atoms with E-state index >= 15 is 0 Å². The molecule has 0 aromatic heterocycles. The van der Waals surface area contributed by atoms with Crippen LogP contribution < -0.4 is 0 Å². The minimum Gasteiger partial charge on any atom is -0.392 e. The van der Waals surface area contributed by atoms with Crippen molar-refractivity contribution in [3.63, 3.8) is 0 Å². The lowest BCUT2D eigenvalue weighted by atomic mass is 9.75. The SMILES string of the molecule is CC(C)(C)C1CCN(CC2CCC(C)(C)C2O)CC1. The molecule has 1 heterocycles. The highest BCUT2D eigenvalue weighted by Crippen LogP contribution is 2.42. The first kappa shape index (κ1) is 15.3. The molecule has 2 nitrogen and oxygen atoms in total. The van der Waals surface area contributed by atoms with Crippen LogP contribution in [-0.4, -0.2) is 35.7 Å². The largest absolute Gasteiger partial charge is 0.392 e. The van der Waals surface area contributed by atoms with Gasteiger partial charge in [-0.1, -0.05) is 34.6 Å². The van der Waals surface area contributed by atoms with E-state index < -0.39 is 0 Å². The van der Waals surface area contributed by atoms with Crippen LogP contribution >= 0.6 is 0 Å². The number of aliphatic hydroxyl groups excluding tert-OH is 1. The predicted octanol–water partition coefficient (Wildman–Crippen LogP) is 3.54. The van der Waals surface area contributed by atoms with Crippen molar-refractivity contribution in [2.24, 2.45) is 22.7 Å². The van der Waals surface area contributed by atoms with Crippen LogP contribution in [0.25, 0.3) is 0 Å². The molecule has 2 unspecified atom stereocenters. The number of rotatable bonds is 2. The van der Waals surface area contributed by atoms with Crippen molar-refractivity contribution in [3.05, 3.63) is 0 Å². The molecule has 0 aromatic rings. The number of nitrogens with zero attached hydrogens (tertiary/aromatic N) is 1. The summed E-state index contributed by atoms with van der Waals surface area (Å²) in [6.45, 7) is 15.1. The van der Waals surface area contributed by atoms with Gasteiger partial charge < -0.3 is 10.0 Å². The fourth-order valence-electron chi connectivity index (χ4n) is 4.01. The van der Waals surface area contributed by atoms with Crippen molar-refractivity contribution in [2.45, 2.75) is 66.4 Å². The molecule has 112 valence electrons. The molecule has 0 radical (unpaired) electrons. The van der Waals surface area contributed by atoms with Crippen LogP contribution in [-0.2, 0) is 0 Å². The first-order chi connectivity index (χ1) is 8.70. The Morgan fingerprint density at radius 3 is 2.11 bits per heavy atom. The van der Waals surface area contributed by atoms with Gasteiger partial charge in [0, 0.05) is 6.54 Å². The molecule has 2 fully saturated rings. The molecule has 1 saturated heterocycles. The summed E-state index contributed by atoms with van der Waals surface area (Å²) in [6.07, 6.45) is 4.93. The van der Waals surface area contributed by atoms with Crippen molar-refractivity contribution in [2.75, 3.05) is 19.6 Å². The minimum absolute atomic E-state index is 0.104. The summed E-state index contributed by atoms with van der Waals surface area (Å²) in [4.78, 5) is 2.59. The second-order valence-electron chi connectivity index (χ2n) is 8.67. The Balaban J connectivity index is 1.81. The molecule has 2 atom stereocenters. The molecule has 1 aliphatic carbocycles. The van der Waals surface area contributed by atoms with Gasteiger partial charge in [-0.15, -0.1) is 0 Å². The molecule has 1 aliphatic heterocycles. The van der Waals surface area contributed by atoms with Gasteiger partial charge in [0.1, 0.15) is 0 Å². The quantitative estimate of drug-likeness (QED) is 0.827. The number of aliphatic hydroxyl groups is 1. The molecule has 2 heteroatoms. The standard InChI is InChI=1S/C17H33NO/c1-16(2,3)14-7-10-18(11-8-14)12-13-6-9-17(4,5)15(13)19/h13-15,19H,6-12H2,1-5H3. The van der Waals surface area contributed by atoms with Crippen molar-refractivity contribution in [3.8, 4) is 0 Å². The molecule has 0 amide bonds. The number of piperidine rings is 1. The highest BCUT2D eigenvalue weighted by molar-refractivity contribution is 4.93. The summed E-state index contributed by atoms with van der Waals surface area (Å²) in [5.74, 6) is 1.37. The number of likely N-dealkylation sites (tertiary alicyclic amines) is 1. The van der Waals surface area contributed by atoms with Crippen molar-refractivity contribution in [1.29, 1.82) is 0 Å². The fraction of sp³-hybridized carbons (Fsp3) is 1.00. The summed E-state index contributed by atoms with van der Waals surface area (Å²) in [7, 11) is 0. The van der Waals surface area contributed by atoms with Gasteiger partial charge in [-0.05, 0) is 61.4 Å².